The Morgan fingerprint density at radius 3 is 2.36 bits per heavy atom. The van der Waals surface area contributed by atoms with Crippen LogP contribution in [0.25, 0.3) is 0 Å². The van der Waals surface area contributed by atoms with Crippen molar-refractivity contribution < 1.29 is 14.3 Å². The Labute approximate surface area is 232 Å². The number of amides is 1. The Kier molecular flexibility index (Phi) is 12.2. The molecule has 0 fully saturated rings. The molecule has 0 bridgehead atoms. The number of carbonyl (C=O) groups excluding carboxylic acids is 2. The Balaban J connectivity index is 0.000000457. The monoisotopic (exact) mass is 525 g/mol. The van der Waals surface area contributed by atoms with E-state index in [-0.39, 0.29) is 23.8 Å². The van der Waals surface area contributed by atoms with Crippen molar-refractivity contribution in [2.45, 2.75) is 18.5 Å². The first kappa shape index (κ1) is 29.6. The fraction of sp³-hybridized carbons (Fsp3) is 0.273. The third kappa shape index (κ3) is 8.50. The summed E-state index contributed by atoms with van der Waals surface area (Å²) in [5.41, 5.74) is 6.82. The molecule has 2 aliphatic carbocycles. The van der Waals surface area contributed by atoms with E-state index in [1.807, 2.05) is 91.0 Å². The molecule has 2 aromatic rings. The number of para-hydroxylation sites is 1. The van der Waals surface area contributed by atoms with Crippen LogP contribution in [0, 0.1) is 17.8 Å². The average molecular weight is 526 g/mol. The average Bonchev–Trinajstić information content (AvgIpc) is 3.02. The van der Waals surface area contributed by atoms with Crippen LogP contribution in [0.15, 0.2) is 121 Å². The van der Waals surface area contributed by atoms with Gasteiger partial charge in [0.05, 0.1) is 19.1 Å². The highest BCUT2D eigenvalue weighted by Crippen LogP contribution is 2.30. The predicted molar refractivity (Wildman–Crippen MR) is 158 cm³/mol. The third-order valence-corrected chi connectivity index (χ3v) is 6.82. The molecule has 1 amide bonds. The second kappa shape index (κ2) is 16.1. The van der Waals surface area contributed by atoms with E-state index < -0.39 is 12.0 Å². The summed E-state index contributed by atoms with van der Waals surface area (Å²) in [4.78, 5) is 24.6. The quantitative estimate of drug-likeness (QED) is 0.373. The molecule has 2 aromatic carbocycles. The number of carbonyl (C=O) groups is 2. The van der Waals surface area contributed by atoms with Crippen LogP contribution in [0.5, 0.6) is 5.75 Å². The van der Waals surface area contributed by atoms with Crippen LogP contribution in [0.4, 0.5) is 0 Å². The highest BCUT2D eigenvalue weighted by atomic mass is 16.5. The van der Waals surface area contributed by atoms with Crippen molar-refractivity contribution in [2.24, 2.45) is 23.5 Å². The topological polar surface area (TPSA) is 93.4 Å². The first-order chi connectivity index (χ1) is 19.2. The van der Waals surface area contributed by atoms with Gasteiger partial charge >= 0.3 is 0 Å². The molecule has 6 nitrogen and oxygen atoms in total. The van der Waals surface area contributed by atoms with Gasteiger partial charge in [0, 0.05) is 24.4 Å². The Morgan fingerprint density at radius 1 is 0.949 bits per heavy atom. The van der Waals surface area contributed by atoms with Gasteiger partial charge in [0.15, 0.2) is 0 Å². The fourth-order valence-electron chi connectivity index (χ4n) is 4.86. The van der Waals surface area contributed by atoms with E-state index in [1.165, 1.54) is 12.6 Å². The van der Waals surface area contributed by atoms with Crippen LogP contribution in [0.2, 0.25) is 0 Å². The summed E-state index contributed by atoms with van der Waals surface area (Å²) in [5.74, 6) is 0.661. The number of ether oxygens (including phenoxy) is 1. The van der Waals surface area contributed by atoms with Gasteiger partial charge in [-0.2, -0.15) is 0 Å². The summed E-state index contributed by atoms with van der Waals surface area (Å²) in [6, 6.07) is 19.2. The maximum Gasteiger partial charge on any atom is 0.228 e. The van der Waals surface area contributed by atoms with Crippen molar-refractivity contribution in [1.29, 1.82) is 0 Å². The van der Waals surface area contributed by atoms with Gasteiger partial charge in [-0.25, -0.2) is 0 Å². The van der Waals surface area contributed by atoms with E-state index in [9.17, 15) is 9.59 Å². The van der Waals surface area contributed by atoms with Crippen molar-refractivity contribution in [2.75, 3.05) is 20.7 Å². The number of hydrogen-bond acceptors (Lipinski definition) is 5. The van der Waals surface area contributed by atoms with Crippen LogP contribution in [0.1, 0.15) is 5.56 Å². The number of hydrogen-bond donors (Lipinski definition) is 3. The molecule has 5 atom stereocenters. The third-order valence-electron chi connectivity index (χ3n) is 6.82. The van der Waals surface area contributed by atoms with Crippen LogP contribution in [-0.2, 0) is 16.0 Å². The summed E-state index contributed by atoms with van der Waals surface area (Å²) < 4.78 is 5.42. The molecule has 5 unspecified atom stereocenters. The zero-order valence-electron chi connectivity index (χ0n) is 22.7. The van der Waals surface area contributed by atoms with Crippen LogP contribution < -0.4 is 21.1 Å². The molecular formula is C33H39N3O3. The molecule has 0 aromatic heterocycles. The molecule has 39 heavy (non-hydrogen) atoms. The maximum absolute atomic E-state index is 12.9. The van der Waals surface area contributed by atoms with Crippen LogP contribution in [-0.4, -0.2) is 45.0 Å². The molecular weight excluding hydrogens is 486 g/mol. The van der Waals surface area contributed by atoms with E-state index in [4.69, 9.17) is 4.74 Å². The number of nitrogens with two attached hydrogens (primary N) is 1. The van der Waals surface area contributed by atoms with Gasteiger partial charge < -0.3 is 25.9 Å². The summed E-state index contributed by atoms with van der Waals surface area (Å²) in [5, 5.41) is 6.36. The lowest BCUT2D eigenvalue weighted by atomic mass is 9.80. The van der Waals surface area contributed by atoms with E-state index >= 15 is 0 Å². The minimum Gasteiger partial charge on any atom is -0.496 e. The standard InChI is InChI=1S/C26H28N2O3.C6H6.CH5N/c1-31-25-12-5-3-8-19(25)15-21-13-14-23(24(17-29)28-21)26(30)27-16-20-10-6-9-18-7-2-4-11-22(18)20;1-2-4-6-5-3-1;1-2/h2-14,17,20-24,28H,15-16H2,1H3,(H,27,30);1-6H;2H2,1H3. The van der Waals surface area contributed by atoms with E-state index in [0.29, 0.717) is 13.0 Å². The summed E-state index contributed by atoms with van der Waals surface area (Å²) in [6.45, 7) is 0.538. The van der Waals surface area contributed by atoms with E-state index in [2.05, 4.69) is 40.7 Å². The highest BCUT2D eigenvalue weighted by molar-refractivity contribution is 5.85. The molecule has 4 N–H and O–H groups in total. The number of benzene rings is 2. The molecule has 0 radical (unpaired) electrons. The normalized spacial score (nSPS) is 24.1. The Bertz CT molecular complexity index is 1170. The zero-order chi connectivity index (χ0) is 27.9. The lowest BCUT2D eigenvalue weighted by molar-refractivity contribution is -0.127. The number of allylic oxidation sites excluding steroid dienone is 7. The second-order valence-electron chi connectivity index (χ2n) is 9.25. The van der Waals surface area contributed by atoms with Crippen molar-refractivity contribution in [3.8, 4) is 5.75 Å². The van der Waals surface area contributed by atoms with Crippen molar-refractivity contribution in [1.82, 2.24) is 10.6 Å². The van der Waals surface area contributed by atoms with Crippen LogP contribution in [0.3, 0.4) is 0 Å². The molecule has 204 valence electrons. The van der Waals surface area contributed by atoms with Gasteiger partial charge in [0.2, 0.25) is 5.91 Å². The van der Waals surface area contributed by atoms with Crippen molar-refractivity contribution in [3.05, 3.63) is 126 Å². The van der Waals surface area contributed by atoms with Crippen LogP contribution >= 0.6 is 0 Å². The molecule has 0 spiro atoms. The number of aldehydes is 1. The maximum atomic E-state index is 12.9. The second-order valence-corrected chi connectivity index (χ2v) is 9.25. The first-order valence-corrected chi connectivity index (χ1v) is 13.3. The van der Waals surface area contributed by atoms with Gasteiger partial charge in [-0.3, -0.25) is 4.79 Å². The molecule has 0 saturated heterocycles. The van der Waals surface area contributed by atoms with Gasteiger partial charge in [-0.05, 0) is 30.7 Å². The lowest BCUT2D eigenvalue weighted by Crippen LogP contribution is -2.52. The molecule has 5 rings (SSSR count). The highest BCUT2D eigenvalue weighted by Gasteiger charge is 2.32. The van der Waals surface area contributed by atoms with Crippen molar-refractivity contribution >= 4 is 12.2 Å². The Morgan fingerprint density at radius 2 is 1.67 bits per heavy atom. The van der Waals surface area contributed by atoms with Gasteiger partial charge in [-0.1, -0.05) is 109 Å². The van der Waals surface area contributed by atoms with Gasteiger partial charge in [-0.15, -0.1) is 0 Å². The lowest BCUT2D eigenvalue weighted by Gasteiger charge is -2.31. The Hall–Kier alpha value is -4.00. The number of nitrogens with one attached hydrogen (secondary N) is 2. The number of methoxy groups -OCH3 is 1. The molecule has 0 saturated carbocycles. The van der Waals surface area contributed by atoms with Crippen molar-refractivity contribution in [3.63, 3.8) is 0 Å². The number of fused-ring (bicyclic) bond motifs is 1. The predicted octanol–water partition coefficient (Wildman–Crippen LogP) is 4.18. The zero-order valence-corrected chi connectivity index (χ0v) is 22.7. The van der Waals surface area contributed by atoms with E-state index in [0.717, 1.165) is 17.6 Å². The van der Waals surface area contributed by atoms with E-state index in [1.54, 1.807) is 7.11 Å². The molecule has 1 aliphatic heterocycles. The minimum atomic E-state index is -0.556. The number of rotatable bonds is 7. The summed E-state index contributed by atoms with van der Waals surface area (Å²) >= 11 is 0. The smallest absolute Gasteiger partial charge is 0.228 e. The minimum absolute atomic E-state index is 0.0383. The fourth-order valence-corrected chi connectivity index (χ4v) is 4.86. The summed E-state index contributed by atoms with van der Waals surface area (Å²) in [6.07, 6.45) is 20.0. The summed E-state index contributed by atoms with van der Waals surface area (Å²) in [7, 11) is 3.15. The molecule has 6 heteroatoms. The van der Waals surface area contributed by atoms with Gasteiger partial charge in [0.25, 0.3) is 0 Å². The van der Waals surface area contributed by atoms with Gasteiger partial charge in [0.1, 0.15) is 12.0 Å². The SMILES string of the molecule is CN.COc1ccccc1CC1C=CC(C(=O)NCC2C=CC=C3C=CC=CC32)C(C=O)N1.c1ccccc1. The molecule has 3 aliphatic rings. The molecule has 1 heterocycles. The largest absolute Gasteiger partial charge is 0.496 e. The first-order valence-electron chi connectivity index (χ1n) is 13.3.